The molecule has 2 atom stereocenters. The quantitative estimate of drug-likeness (QED) is 0.719. The van der Waals surface area contributed by atoms with Gasteiger partial charge in [0.15, 0.2) is 0 Å². The molecule has 0 heterocycles. The number of hydrogen-bond donors (Lipinski definition) is 1. The van der Waals surface area contributed by atoms with Crippen LogP contribution in [0.3, 0.4) is 0 Å². The first-order valence-corrected chi connectivity index (χ1v) is 6.29. The topological polar surface area (TPSA) is 29.1 Å². The van der Waals surface area contributed by atoms with Crippen LogP contribution in [0.15, 0.2) is 0 Å². The Kier molecular flexibility index (Phi) is 4.18. The fraction of sp³-hybridized carbons (Fsp3) is 0.923. The van der Waals surface area contributed by atoms with Gasteiger partial charge in [0, 0.05) is 12.5 Å². The second kappa shape index (κ2) is 5.00. The van der Waals surface area contributed by atoms with E-state index in [1.54, 1.807) is 0 Å². The summed E-state index contributed by atoms with van der Waals surface area (Å²) in [4.78, 5) is 11.8. The summed E-state index contributed by atoms with van der Waals surface area (Å²) in [6.07, 6.45) is 4.35. The molecule has 0 saturated heterocycles. The predicted octanol–water partition coefficient (Wildman–Crippen LogP) is 2.98. The minimum Gasteiger partial charge on any atom is -0.356 e. The molecular formula is C13H25NO. The first-order valence-electron chi connectivity index (χ1n) is 6.29. The molecule has 88 valence electrons. The van der Waals surface area contributed by atoms with E-state index in [1.807, 2.05) is 0 Å². The summed E-state index contributed by atoms with van der Waals surface area (Å²) in [5, 5.41) is 3.10. The van der Waals surface area contributed by atoms with Crippen molar-refractivity contribution in [2.24, 2.45) is 17.3 Å². The Morgan fingerprint density at radius 1 is 1.47 bits per heavy atom. The van der Waals surface area contributed by atoms with E-state index in [2.05, 4.69) is 33.0 Å². The minimum atomic E-state index is 0.233. The van der Waals surface area contributed by atoms with Gasteiger partial charge in [0.1, 0.15) is 0 Å². The van der Waals surface area contributed by atoms with Crippen LogP contribution < -0.4 is 5.32 Å². The molecule has 1 fully saturated rings. The lowest BCUT2D eigenvalue weighted by Crippen LogP contribution is -2.32. The van der Waals surface area contributed by atoms with Crippen LogP contribution in [-0.4, -0.2) is 12.5 Å². The van der Waals surface area contributed by atoms with Crippen molar-refractivity contribution in [3.8, 4) is 0 Å². The Bertz CT molecular complexity index is 223. The molecule has 2 unspecified atom stereocenters. The van der Waals surface area contributed by atoms with E-state index in [0.717, 1.165) is 25.8 Å². The summed E-state index contributed by atoms with van der Waals surface area (Å²) in [6.45, 7) is 9.66. The second-order valence-electron chi connectivity index (χ2n) is 5.53. The average molecular weight is 211 g/mol. The van der Waals surface area contributed by atoms with E-state index >= 15 is 0 Å². The highest BCUT2D eigenvalue weighted by Crippen LogP contribution is 2.50. The molecular weight excluding hydrogens is 186 g/mol. The van der Waals surface area contributed by atoms with Crippen LogP contribution in [0.5, 0.6) is 0 Å². The molecule has 0 aliphatic heterocycles. The van der Waals surface area contributed by atoms with Crippen LogP contribution in [0.4, 0.5) is 0 Å². The lowest BCUT2D eigenvalue weighted by Gasteiger charge is -2.14. The highest BCUT2D eigenvalue weighted by molar-refractivity contribution is 5.78. The Balaban J connectivity index is 2.23. The lowest BCUT2D eigenvalue weighted by atomic mass is 10.00. The summed E-state index contributed by atoms with van der Waals surface area (Å²) < 4.78 is 0. The highest BCUT2D eigenvalue weighted by atomic mass is 16.1. The molecule has 1 amide bonds. The van der Waals surface area contributed by atoms with Crippen molar-refractivity contribution < 1.29 is 4.79 Å². The van der Waals surface area contributed by atoms with Crippen molar-refractivity contribution in [3.63, 3.8) is 0 Å². The lowest BCUT2D eigenvalue weighted by molar-refractivity contribution is -0.125. The fourth-order valence-corrected chi connectivity index (χ4v) is 2.16. The van der Waals surface area contributed by atoms with E-state index in [9.17, 15) is 4.79 Å². The summed E-state index contributed by atoms with van der Waals surface area (Å²) in [7, 11) is 0. The smallest absolute Gasteiger partial charge is 0.223 e. The molecule has 0 aromatic carbocycles. The Morgan fingerprint density at radius 3 is 2.47 bits per heavy atom. The third-order valence-corrected chi connectivity index (χ3v) is 3.74. The van der Waals surface area contributed by atoms with Crippen LogP contribution in [0.2, 0.25) is 0 Å². The van der Waals surface area contributed by atoms with Gasteiger partial charge >= 0.3 is 0 Å². The standard InChI is InChI=1S/C13H25NO/c1-5-7-10(6-2)12(15)14-9-11-8-13(11,3)4/h10-11H,5-9H2,1-4H3,(H,14,15). The zero-order valence-corrected chi connectivity index (χ0v) is 10.6. The van der Waals surface area contributed by atoms with E-state index < -0.39 is 0 Å². The molecule has 1 rings (SSSR count). The molecule has 1 N–H and O–H groups in total. The first-order chi connectivity index (χ1) is 7.01. The van der Waals surface area contributed by atoms with Crippen molar-refractivity contribution >= 4 is 5.91 Å². The van der Waals surface area contributed by atoms with Gasteiger partial charge in [0.25, 0.3) is 0 Å². The molecule has 15 heavy (non-hydrogen) atoms. The number of hydrogen-bond acceptors (Lipinski definition) is 1. The minimum absolute atomic E-state index is 0.233. The van der Waals surface area contributed by atoms with Gasteiger partial charge in [-0.1, -0.05) is 34.1 Å². The first kappa shape index (κ1) is 12.5. The molecule has 0 bridgehead atoms. The Morgan fingerprint density at radius 2 is 2.07 bits per heavy atom. The average Bonchev–Trinajstić information content (AvgIpc) is 2.79. The van der Waals surface area contributed by atoms with Crippen molar-refractivity contribution in [1.29, 1.82) is 0 Å². The Labute approximate surface area is 93.8 Å². The molecule has 1 aliphatic rings. The molecule has 0 radical (unpaired) electrons. The number of rotatable bonds is 6. The van der Waals surface area contributed by atoms with Crippen LogP contribution in [-0.2, 0) is 4.79 Å². The largest absolute Gasteiger partial charge is 0.356 e. The maximum atomic E-state index is 11.8. The van der Waals surface area contributed by atoms with Gasteiger partial charge in [0.05, 0.1) is 0 Å². The van der Waals surface area contributed by atoms with Crippen molar-refractivity contribution in [2.75, 3.05) is 6.54 Å². The molecule has 2 heteroatoms. The molecule has 0 spiro atoms. The van der Waals surface area contributed by atoms with Crippen LogP contribution in [0.1, 0.15) is 53.4 Å². The molecule has 2 nitrogen and oxygen atoms in total. The highest BCUT2D eigenvalue weighted by Gasteiger charge is 2.45. The number of nitrogens with one attached hydrogen (secondary N) is 1. The van der Waals surface area contributed by atoms with Gasteiger partial charge in [-0.2, -0.15) is 0 Å². The van der Waals surface area contributed by atoms with Gasteiger partial charge in [0.2, 0.25) is 5.91 Å². The fourth-order valence-electron chi connectivity index (χ4n) is 2.16. The van der Waals surface area contributed by atoms with E-state index in [4.69, 9.17) is 0 Å². The summed E-state index contributed by atoms with van der Waals surface area (Å²) >= 11 is 0. The van der Waals surface area contributed by atoms with Gasteiger partial charge < -0.3 is 5.32 Å². The summed E-state index contributed by atoms with van der Waals surface area (Å²) in [6, 6.07) is 0. The maximum Gasteiger partial charge on any atom is 0.223 e. The number of amides is 1. The van der Waals surface area contributed by atoms with Gasteiger partial charge in [-0.15, -0.1) is 0 Å². The normalized spacial score (nSPS) is 24.7. The number of carbonyl (C=O) groups excluding carboxylic acids is 1. The van der Waals surface area contributed by atoms with Crippen LogP contribution in [0.25, 0.3) is 0 Å². The molecule has 1 saturated carbocycles. The summed E-state index contributed by atoms with van der Waals surface area (Å²) in [5.74, 6) is 1.21. The van der Waals surface area contributed by atoms with Crippen molar-refractivity contribution in [2.45, 2.75) is 53.4 Å². The third kappa shape index (κ3) is 3.51. The van der Waals surface area contributed by atoms with Gasteiger partial charge in [-0.25, -0.2) is 0 Å². The Hall–Kier alpha value is -0.530. The van der Waals surface area contributed by atoms with Crippen LogP contribution >= 0.6 is 0 Å². The number of carbonyl (C=O) groups is 1. The van der Waals surface area contributed by atoms with Crippen LogP contribution in [0, 0.1) is 17.3 Å². The van der Waals surface area contributed by atoms with E-state index in [-0.39, 0.29) is 11.8 Å². The SMILES string of the molecule is CCCC(CC)C(=O)NCC1CC1(C)C. The zero-order valence-electron chi connectivity index (χ0n) is 10.6. The van der Waals surface area contributed by atoms with E-state index in [0.29, 0.717) is 11.3 Å². The maximum absolute atomic E-state index is 11.8. The van der Waals surface area contributed by atoms with Crippen molar-refractivity contribution in [1.82, 2.24) is 5.32 Å². The van der Waals surface area contributed by atoms with E-state index in [1.165, 1.54) is 6.42 Å². The van der Waals surface area contributed by atoms with Crippen molar-refractivity contribution in [3.05, 3.63) is 0 Å². The predicted molar refractivity (Wildman–Crippen MR) is 63.6 cm³/mol. The molecule has 1 aliphatic carbocycles. The monoisotopic (exact) mass is 211 g/mol. The van der Waals surface area contributed by atoms with Gasteiger partial charge in [-0.05, 0) is 30.6 Å². The summed E-state index contributed by atoms with van der Waals surface area (Å²) in [5.41, 5.74) is 0.472. The zero-order chi connectivity index (χ0) is 11.5. The third-order valence-electron chi connectivity index (χ3n) is 3.74. The van der Waals surface area contributed by atoms with Gasteiger partial charge in [-0.3, -0.25) is 4.79 Å². The second-order valence-corrected chi connectivity index (χ2v) is 5.53. The molecule has 0 aromatic heterocycles. The molecule has 0 aromatic rings.